The van der Waals surface area contributed by atoms with Gasteiger partial charge in [-0.1, -0.05) is 32.1 Å². The van der Waals surface area contributed by atoms with Gasteiger partial charge in [0.15, 0.2) is 0 Å². The van der Waals surface area contributed by atoms with E-state index in [4.69, 9.17) is 0 Å². The lowest BCUT2D eigenvalue weighted by molar-refractivity contribution is -0.111. The summed E-state index contributed by atoms with van der Waals surface area (Å²) in [7, 11) is 0. The van der Waals surface area contributed by atoms with Crippen LogP contribution >= 0.6 is 0 Å². The summed E-state index contributed by atoms with van der Waals surface area (Å²) in [5.41, 5.74) is 0. The number of hydrogen-bond donors (Lipinski definition) is 0. The lowest BCUT2D eigenvalue weighted by Gasteiger charge is -2.14. The Kier molecular flexibility index (Phi) is 2.48. The zero-order valence-electron chi connectivity index (χ0n) is 7.67. The first-order valence-corrected chi connectivity index (χ1v) is 5.35. The second kappa shape index (κ2) is 3.59. The topological polar surface area (TPSA) is 17.1 Å². The standard InChI is InChI=1S/C11H18O/c12-8-9-6-10-4-2-1-3-5-11(10)7-9/h8-11H,1-7H2. The molecule has 2 aliphatic rings. The molecule has 2 unspecified atom stereocenters. The van der Waals surface area contributed by atoms with Gasteiger partial charge >= 0.3 is 0 Å². The lowest BCUT2D eigenvalue weighted by Crippen LogP contribution is -2.04. The van der Waals surface area contributed by atoms with Gasteiger partial charge in [-0.25, -0.2) is 0 Å². The molecule has 68 valence electrons. The molecule has 1 nitrogen and oxygen atoms in total. The van der Waals surface area contributed by atoms with E-state index in [0.29, 0.717) is 5.92 Å². The maximum Gasteiger partial charge on any atom is 0.123 e. The van der Waals surface area contributed by atoms with Crippen LogP contribution in [0.3, 0.4) is 0 Å². The second-order valence-electron chi connectivity index (χ2n) is 4.53. The molecule has 0 aliphatic heterocycles. The molecular weight excluding hydrogens is 148 g/mol. The molecule has 0 heterocycles. The van der Waals surface area contributed by atoms with Crippen LogP contribution in [0.25, 0.3) is 0 Å². The van der Waals surface area contributed by atoms with E-state index in [9.17, 15) is 4.79 Å². The van der Waals surface area contributed by atoms with Gasteiger partial charge < -0.3 is 4.79 Å². The first-order chi connectivity index (χ1) is 5.90. The van der Waals surface area contributed by atoms with Gasteiger partial charge in [-0.15, -0.1) is 0 Å². The average Bonchev–Trinajstić information content (AvgIpc) is 2.37. The highest BCUT2D eigenvalue weighted by Crippen LogP contribution is 2.43. The first kappa shape index (κ1) is 8.28. The summed E-state index contributed by atoms with van der Waals surface area (Å²) in [6.45, 7) is 0. The minimum absolute atomic E-state index is 0.415. The third-order valence-corrected chi connectivity index (χ3v) is 3.72. The van der Waals surface area contributed by atoms with Crippen molar-refractivity contribution in [1.29, 1.82) is 0 Å². The highest BCUT2D eigenvalue weighted by molar-refractivity contribution is 5.54. The van der Waals surface area contributed by atoms with E-state index in [0.717, 1.165) is 11.8 Å². The number of fused-ring (bicyclic) bond motifs is 1. The van der Waals surface area contributed by atoms with E-state index in [1.165, 1.54) is 51.2 Å². The third kappa shape index (κ3) is 1.55. The molecule has 0 spiro atoms. The third-order valence-electron chi connectivity index (χ3n) is 3.72. The summed E-state index contributed by atoms with van der Waals surface area (Å²) in [6.07, 6.45) is 10.6. The Hall–Kier alpha value is -0.330. The second-order valence-corrected chi connectivity index (χ2v) is 4.53. The fourth-order valence-corrected chi connectivity index (χ4v) is 3.07. The van der Waals surface area contributed by atoms with E-state index in [1.54, 1.807) is 0 Å². The van der Waals surface area contributed by atoms with Crippen LogP contribution in [0, 0.1) is 17.8 Å². The van der Waals surface area contributed by atoms with Crippen LogP contribution < -0.4 is 0 Å². The van der Waals surface area contributed by atoms with Crippen LogP contribution in [0.1, 0.15) is 44.9 Å². The Morgan fingerprint density at radius 2 is 1.50 bits per heavy atom. The summed E-state index contributed by atoms with van der Waals surface area (Å²) in [5.74, 6) is 2.23. The van der Waals surface area contributed by atoms with Crippen LogP contribution in [0.15, 0.2) is 0 Å². The fraction of sp³-hybridized carbons (Fsp3) is 0.909. The normalized spacial score (nSPS) is 41.8. The van der Waals surface area contributed by atoms with Crippen molar-refractivity contribution in [3.05, 3.63) is 0 Å². The summed E-state index contributed by atoms with van der Waals surface area (Å²) < 4.78 is 0. The molecule has 0 aromatic carbocycles. The van der Waals surface area contributed by atoms with E-state index in [2.05, 4.69) is 0 Å². The first-order valence-electron chi connectivity index (χ1n) is 5.35. The number of aldehydes is 1. The van der Waals surface area contributed by atoms with Gasteiger partial charge in [0, 0.05) is 5.92 Å². The number of carbonyl (C=O) groups excluding carboxylic acids is 1. The summed E-state index contributed by atoms with van der Waals surface area (Å²) in [4.78, 5) is 10.6. The molecule has 2 saturated carbocycles. The van der Waals surface area contributed by atoms with Gasteiger partial charge in [0.1, 0.15) is 6.29 Å². The highest BCUT2D eigenvalue weighted by Gasteiger charge is 2.34. The van der Waals surface area contributed by atoms with Gasteiger partial charge in [-0.2, -0.15) is 0 Å². The van der Waals surface area contributed by atoms with Gasteiger partial charge in [-0.3, -0.25) is 0 Å². The molecule has 12 heavy (non-hydrogen) atoms. The van der Waals surface area contributed by atoms with E-state index in [-0.39, 0.29) is 0 Å². The quantitative estimate of drug-likeness (QED) is 0.547. The SMILES string of the molecule is O=CC1CC2CCCCCC2C1. The number of carbonyl (C=O) groups is 1. The van der Waals surface area contributed by atoms with Crippen LogP contribution in [-0.2, 0) is 4.79 Å². The summed E-state index contributed by atoms with van der Waals surface area (Å²) in [6, 6.07) is 0. The number of hydrogen-bond acceptors (Lipinski definition) is 1. The molecule has 0 aromatic rings. The molecule has 2 fully saturated rings. The monoisotopic (exact) mass is 166 g/mol. The molecule has 2 aliphatic carbocycles. The molecular formula is C11H18O. The Morgan fingerprint density at radius 1 is 0.917 bits per heavy atom. The minimum atomic E-state index is 0.415. The van der Waals surface area contributed by atoms with Crippen molar-refractivity contribution in [2.45, 2.75) is 44.9 Å². The molecule has 2 atom stereocenters. The van der Waals surface area contributed by atoms with Crippen molar-refractivity contribution in [1.82, 2.24) is 0 Å². The largest absolute Gasteiger partial charge is 0.303 e. The molecule has 0 aromatic heterocycles. The van der Waals surface area contributed by atoms with E-state index >= 15 is 0 Å². The molecule has 0 bridgehead atoms. The average molecular weight is 166 g/mol. The smallest absolute Gasteiger partial charge is 0.123 e. The predicted octanol–water partition coefficient (Wildman–Crippen LogP) is 2.79. The van der Waals surface area contributed by atoms with Gasteiger partial charge in [-0.05, 0) is 24.7 Å². The van der Waals surface area contributed by atoms with Crippen LogP contribution in [-0.4, -0.2) is 6.29 Å². The summed E-state index contributed by atoms with van der Waals surface area (Å²) >= 11 is 0. The molecule has 0 N–H and O–H groups in total. The Balaban J connectivity index is 1.97. The zero-order valence-corrected chi connectivity index (χ0v) is 7.67. The van der Waals surface area contributed by atoms with Crippen molar-refractivity contribution in [3.8, 4) is 0 Å². The van der Waals surface area contributed by atoms with Crippen molar-refractivity contribution in [2.24, 2.45) is 17.8 Å². The van der Waals surface area contributed by atoms with Gasteiger partial charge in [0.05, 0.1) is 0 Å². The lowest BCUT2D eigenvalue weighted by atomic mass is 9.92. The van der Waals surface area contributed by atoms with Crippen LogP contribution in [0.4, 0.5) is 0 Å². The highest BCUT2D eigenvalue weighted by atomic mass is 16.1. The van der Waals surface area contributed by atoms with Crippen molar-refractivity contribution in [3.63, 3.8) is 0 Å². The van der Waals surface area contributed by atoms with E-state index < -0.39 is 0 Å². The van der Waals surface area contributed by atoms with Crippen molar-refractivity contribution in [2.75, 3.05) is 0 Å². The minimum Gasteiger partial charge on any atom is -0.303 e. The molecule has 1 heteroatoms. The fourth-order valence-electron chi connectivity index (χ4n) is 3.07. The molecule has 0 radical (unpaired) electrons. The Morgan fingerprint density at radius 3 is 2.00 bits per heavy atom. The Bertz CT molecular complexity index is 150. The summed E-state index contributed by atoms with van der Waals surface area (Å²) in [5, 5.41) is 0. The van der Waals surface area contributed by atoms with Crippen molar-refractivity contribution < 1.29 is 4.79 Å². The van der Waals surface area contributed by atoms with E-state index in [1.807, 2.05) is 0 Å². The molecule has 0 amide bonds. The molecule has 0 saturated heterocycles. The molecule has 2 rings (SSSR count). The van der Waals surface area contributed by atoms with Crippen molar-refractivity contribution >= 4 is 6.29 Å². The van der Waals surface area contributed by atoms with Gasteiger partial charge in [0.2, 0.25) is 0 Å². The Labute approximate surface area is 74.5 Å². The predicted molar refractivity (Wildman–Crippen MR) is 48.9 cm³/mol. The van der Waals surface area contributed by atoms with Gasteiger partial charge in [0.25, 0.3) is 0 Å². The number of rotatable bonds is 1. The maximum atomic E-state index is 10.6. The maximum absolute atomic E-state index is 10.6. The van der Waals surface area contributed by atoms with Crippen LogP contribution in [0.5, 0.6) is 0 Å². The zero-order chi connectivity index (χ0) is 8.39. The van der Waals surface area contributed by atoms with Crippen LogP contribution in [0.2, 0.25) is 0 Å².